The molecular weight excluding hydrogens is 240 g/mol. The maximum absolute atomic E-state index is 10.2. The summed E-state index contributed by atoms with van der Waals surface area (Å²) in [6.07, 6.45) is -2.38. The molecule has 6 nitrogen and oxygen atoms in total. The maximum atomic E-state index is 10.2. The molecule has 3 aliphatic heterocycles. The Balaban J connectivity index is 1.67. The maximum Gasteiger partial charge on any atom is 0.187 e. The second kappa shape index (κ2) is 5.03. The van der Waals surface area contributed by atoms with Crippen molar-refractivity contribution in [3.05, 3.63) is 0 Å². The van der Waals surface area contributed by atoms with Crippen LogP contribution < -0.4 is 0 Å². The number of hydrogen-bond donors (Lipinski definition) is 1. The number of hydrogen-bond acceptors (Lipinski definition) is 6. The summed E-state index contributed by atoms with van der Waals surface area (Å²) in [7, 11) is 0. The molecule has 0 amide bonds. The molecule has 3 rings (SSSR count). The molecule has 1 N–H and O–H groups in total. The minimum absolute atomic E-state index is 0.0142. The van der Waals surface area contributed by atoms with Gasteiger partial charge in [-0.2, -0.15) is 0 Å². The fraction of sp³-hybridized carbons (Fsp3) is 1.00. The number of aliphatic hydroxyl groups is 1. The average molecular weight is 260 g/mol. The molecule has 3 heterocycles. The van der Waals surface area contributed by atoms with E-state index in [9.17, 15) is 5.11 Å². The van der Waals surface area contributed by atoms with Crippen LogP contribution in [0.2, 0.25) is 0 Å². The monoisotopic (exact) mass is 260 g/mol. The second-order valence-electron chi connectivity index (χ2n) is 5.23. The lowest BCUT2D eigenvalue weighted by molar-refractivity contribution is -0.257. The van der Waals surface area contributed by atoms with Gasteiger partial charge >= 0.3 is 0 Å². The molecule has 0 spiro atoms. The molecule has 0 aromatic heterocycles. The van der Waals surface area contributed by atoms with E-state index in [4.69, 9.17) is 23.7 Å². The third kappa shape index (κ3) is 2.29. The van der Waals surface area contributed by atoms with Crippen LogP contribution in [0.4, 0.5) is 0 Å². The number of aliphatic hydroxyl groups excluding tert-OH is 1. The molecule has 104 valence electrons. The molecule has 0 aliphatic carbocycles. The van der Waals surface area contributed by atoms with Crippen molar-refractivity contribution >= 4 is 0 Å². The van der Waals surface area contributed by atoms with E-state index in [0.717, 1.165) is 0 Å². The SMILES string of the molecule is CC1CO[C@H]2[C@@H](O1)O[C@H]([C@H]1COCC(C)O1)[C@H]2O. The Morgan fingerprint density at radius 3 is 2.44 bits per heavy atom. The number of ether oxygens (including phenoxy) is 5. The van der Waals surface area contributed by atoms with Gasteiger partial charge in [0.15, 0.2) is 6.29 Å². The molecule has 0 aromatic carbocycles. The first-order valence-corrected chi connectivity index (χ1v) is 6.49. The van der Waals surface area contributed by atoms with Gasteiger partial charge in [-0.05, 0) is 13.8 Å². The van der Waals surface area contributed by atoms with Crippen LogP contribution in [-0.4, -0.2) is 67.8 Å². The van der Waals surface area contributed by atoms with E-state index in [2.05, 4.69) is 0 Å². The van der Waals surface area contributed by atoms with Crippen LogP contribution in [0.3, 0.4) is 0 Å². The quantitative estimate of drug-likeness (QED) is 0.697. The highest BCUT2D eigenvalue weighted by molar-refractivity contribution is 4.95. The summed E-state index contributed by atoms with van der Waals surface area (Å²) in [6, 6.07) is 0. The van der Waals surface area contributed by atoms with Crippen LogP contribution in [0.25, 0.3) is 0 Å². The number of rotatable bonds is 1. The zero-order chi connectivity index (χ0) is 12.7. The topological polar surface area (TPSA) is 66.4 Å². The van der Waals surface area contributed by atoms with Crippen LogP contribution in [0.5, 0.6) is 0 Å². The van der Waals surface area contributed by atoms with E-state index in [1.165, 1.54) is 0 Å². The lowest BCUT2D eigenvalue weighted by Crippen LogP contribution is -2.48. The zero-order valence-corrected chi connectivity index (χ0v) is 10.7. The first-order chi connectivity index (χ1) is 8.65. The van der Waals surface area contributed by atoms with Crippen LogP contribution in [0.1, 0.15) is 13.8 Å². The van der Waals surface area contributed by atoms with Crippen molar-refractivity contribution in [2.45, 2.75) is 56.8 Å². The van der Waals surface area contributed by atoms with Crippen molar-refractivity contribution in [3.63, 3.8) is 0 Å². The molecule has 0 saturated carbocycles. The van der Waals surface area contributed by atoms with Gasteiger partial charge in [0.2, 0.25) is 0 Å². The Morgan fingerprint density at radius 1 is 0.889 bits per heavy atom. The molecule has 2 unspecified atom stereocenters. The third-order valence-corrected chi connectivity index (χ3v) is 3.53. The lowest BCUT2D eigenvalue weighted by Gasteiger charge is -2.32. The standard InChI is InChI=1S/C12H20O6/c1-6-3-14-5-8(16-6)10-9(13)11-12(18-10)17-7(2)4-15-11/h6-13H,3-5H2,1-2H3/t6?,7?,8-,9-,10-,11-,12+/m1/s1. The summed E-state index contributed by atoms with van der Waals surface area (Å²) in [5, 5.41) is 10.2. The van der Waals surface area contributed by atoms with Gasteiger partial charge in [-0.25, -0.2) is 0 Å². The van der Waals surface area contributed by atoms with Gasteiger partial charge in [0.25, 0.3) is 0 Å². The van der Waals surface area contributed by atoms with Crippen molar-refractivity contribution in [2.75, 3.05) is 19.8 Å². The van der Waals surface area contributed by atoms with Gasteiger partial charge in [0.1, 0.15) is 24.4 Å². The van der Waals surface area contributed by atoms with Gasteiger partial charge in [-0.15, -0.1) is 0 Å². The van der Waals surface area contributed by atoms with E-state index < -0.39 is 24.6 Å². The molecule has 7 atom stereocenters. The number of fused-ring (bicyclic) bond motifs is 1. The fourth-order valence-corrected chi connectivity index (χ4v) is 2.67. The Hall–Kier alpha value is -0.240. The summed E-state index contributed by atoms with van der Waals surface area (Å²) in [5.41, 5.74) is 0. The lowest BCUT2D eigenvalue weighted by atomic mass is 10.0. The molecule has 3 saturated heterocycles. The molecule has 0 aromatic rings. The van der Waals surface area contributed by atoms with Gasteiger partial charge in [0.05, 0.1) is 32.0 Å². The summed E-state index contributed by atoms with van der Waals surface area (Å²) in [4.78, 5) is 0. The highest BCUT2D eigenvalue weighted by atomic mass is 16.7. The van der Waals surface area contributed by atoms with E-state index in [1.807, 2.05) is 13.8 Å². The van der Waals surface area contributed by atoms with Crippen LogP contribution >= 0.6 is 0 Å². The summed E-state index contributed by atoms with van der Waals surface area (Å²) in [5.74, 6) is 0. The minimum Gasteiger partial charge on any atom is -0.387 e. The van der Waals surface area contributed by atoms with Crippen molar-refractivity contribution in [3.8, 4) is 0 Å². The second-order valence-corrected chi connectivity index (χ2v) is 5.23. The van der Waals surface area contributed by atoms with Crippen molar-refractivity contribution in [1.82, 2.24) is 0 Å². The first-order valence-electron chi connectivity index (χ1n) is 6.49. The van der Waals surface area contributed by atoms with Gasteiger partial charge in [0, 0.05) is 0 Å². The first kappa shape index (κ1) is 12.8. The summed E-state index contributed by atoms with van der Waals surface area (Å²) < 4.78 is 28.1. The molecule has 3 fully saturated rings. The van der Waals surface area contributed by atoms with Crippen molar-refractivity contribution in [1.29, 1.82) is 0 Å². The fourth-order valence-electron chi connectivity index (χ4n) is 2.67. The van der Waals surface area contributed by atoms with E-state index in [-0.39, 0.29) is 18.3 Å². The third-order valence-electron chi connectivity index (χ3n) is 3.53. The molecule has 0 radical (unpaired) electrons. The van der Waals surface area contributed by atoms with E-state index >= 15 is 0 Å². The molecule has 0 bridgehead atoms. The average Bonchev–Trinajstić information content (AvgIpc) is 2.66. The van der Waals surface area contributed by atoms with Crippen LogP contribution in [0.15, 0.2) is 0 Å². The Labute approximate surface area is 106 Å². The molecular formula is C12H20O6. The Kier molecular flexibility index (Phi) is 3.57. The van der Waals surface area contributed by atoms with Crippen molar-refractivity contribution < 1.29 is 28.8 Å². The van der Waals surface area contributed by atoms with Crippen molar-refractivity contribution in [2.24, 2.45) is 0 Å². The molecule has 6 heteroatoms. The van der Waals surface area contributed by atoms with Gasteiger partial charge in [-0.3, -0.25) is 0 Å². The van der Waals surface area contributed by atoms with E-state index in [1.54, 1.807) is 0 Å². The zero-order valence-electron chi connectivity index (χ0n) is 10.7. The van der Waals surface area contributed by atoms with E-state index in [0.29, 0.717) is 19.8 Å². The largest absolute Gasteiger partial charge is 0.387 e. The minimum atomic E-state index is -0.735. The highest BCUT2D eigenvalue weighted by Gasteiger charge is 2.51. The van der Waals surface area contributed by atoms with Gasteiger partial charge in [-0.1, -0.05) is 0 Å². The molecule has 18 heavy (non-hydrogen) atoms. The Bertz CT molecular complexity index is 298. The highest BCUT2D eigenvalue weighted by Crippen LogP contribution is 2.32. The van der Waals surface area contributed by atoms with Crippen LogP contribution in [0, 0.1) is 0 Å². The predicted molar refractivity (Wildman–Crippen MR) is 60.1 cm³/mol. The summed E-state index contributed by atoms with van der Waals surface area (Å²) in [6.45, 7) is 5.35. The summed E-state index contributed by atoms with van der Waals surface area (Å²) >= 11 is 0. The van der Waals surface area contributed by atoms with Crippen LogP contribution in [-0.2, 0) is 23.7 Å². The molecule has 3 aliphatic rings. The normalized spacial score (nSPS) is 53.2. The predicted octanol–water partition coefficient (Wildman–Crippen LogP) is -0.320. The smallest absolute Gasteiger partial charge is 0.187 e. The Morgan fingerprint density at radius 2 is 1.67 bits per heavy atom. The van der Waals surface area contributed by atoms with Gasteiger partial charge < -0.3 is 28.8 Å².